The Kier molecular flexibility index (Phi) is 68.2. The number of hydrogen-bond acceptors (Lipinski definition) is 18. The van der Waals surface area contributed by atoms with Crippen LogP contribution in [-0.2, 0) is 33.2 Å². The SMILES string of the molecule is CCCCCCCCCCCCCCCCCCCCCCCCCCCCCCCCCCCCCCC(=O)NC(COC1OC(CO)C(OC2OC(CO)C(OC3OC(CO)C(O)C(O)C3O)C(O)C2O)C(O)C1O)C(O)CCCCCCCCCCCCCCCCCCCCCCCCCCCCCCCC. The Labute approximate surface area is 678 Å². The molecule has 19 nitrogen and oxygen atoms in total. The van der Waals surface area contributed by atoms with Crippen LogP contribution in [-0.4, -0.2) is 193 Å². The van der Waals surface area contributed by atoms with Gasteiger partial charge in [-0.25, -0.2) is 0 Å². The van der Waals surface area contributed by atoms with Crippen molar-refractivity contribution in [3.8, 4) is 0 Å². The molecule has 3 rings (SSSR count). The smallest absolute Gasteiger partial charge is 0.220 e. The number of rotatable bonds is 80. The Balaban J connectivity index is 1.29. The maximum atomic E-state index is 13.6. The zero-order chi connectivity index (χ0) is 80.3. The van der Waals surface area contributed by atoms with Crippen LogP contribution < -0.4 is 5.32 Å². The van der Waals surface area contributed by atoms with Crippen LogP contribution in [0.25, 0.3) is 0 Å². The van der Waals surface area contributed by atoms with Crippen molar-refractivity contribution in [3.63, 3.8) is 0 Å². The largest absolute Gasteiger partial charge is 0.394 e. The molecule has 12 N–H and O–H groups in total. The van der Waals surface area contributed by atoms with Crippen LogP contribution in [0.3, 0.4) is 0 Å². The number of amides is 1. The van der Waals surface area contributed by atoms with Crippen molar-refractivity contribution >= 4 is 5.91 Å². The molecule has 0 radical (unpaired) electrons. The molecule has 3 fully saturated rings. The lowest BCUT2D eigenvalue weighted by Crippen LogP contribution is -2.66. The van der Waals surface area contributed by atoms with E-state index in [2.05, 4.69) is 19.2 Å². The van der Waals surface area contributed by atoms with Crippen LogP contribution >= 0.6 is 0 Å². The van der Waals surface area contributed by atoms with E-state index in [9.17, 15) is 61.0 Å². The number of carbonyl (C=O) groups is 1. The van der Waals surface area contributed by atoms with Crippen molar-refractivity contribution in [2.24, 2.45) is 0 Å². The van der Waals surface area contributed by atoms with Gasteiger partial charge in [-0.3, -0.25) is 4.79 Å². The van der Waals surface area contributed by atoms with Crippen molar-refractivity contribution in [2.45, 2.75) is 555 Å². The summed E-state index contributed by atoms with van der Waals surface area (Å²) < 4.78 is 34.6. The van der Waals surface area contributed by atoms with Crippen LogP contribution in [0.4, 0.5) is 0 Å². The van der Waals surface area contributed by atoms with Crippen LogP contribution in [0.15, 0.2) is 0 Å². The molecule has 19 heteroatoms. The highest BCUT2D eigenvalue weighted by atomic mass is 16.8. The van der Waals surface area contributed by atoms with E-state index in [1.807, 2.05) is 0 Å². The third-order valence-corrected chi connectivity index (χ3v) is 24.4. The van der Waals surface area contributed by atoms with E-state index in [4.69, 9.17) is 28.4 Å². The van der Waals surface area contributed by atoms with E-state index in [1.165, 1.54) is 372 Å². The summed E-state index contributed by atoms with van der Waals surface area (Å²) in [5, 5.41) is 121. The Morgan fingerprint density at radius 2 is 0.514 bits per heavy atom. The lowest BCUT2D eigenvalue weighted by Gasteiger charge is -2.48. The Morgan fingerprint density at radius 1 is 0.288 bits per heavy atom. The minimum absolute atomic E-state index is 0.230. The van der Waals surface area contributed by atoms with Gasteiger partial charge in [0.05, 0.1) is 38.6 Å². The zero-order valence-electron chi connectivity index (χ0n) is 71.5. The van der Waals surface area contributed by atoms with Gasteiger partial charge in [0.15, 0.2) is 18.9 Å². The van der Waals surface area contributed by atoms with E-state index in [0.29, 0.717) is 12.8 Å². The standard InChI is InChI=1S/C92H179NO18/c1-3-5-7-9-11-13-15-17-19-21-23-25-27-29-31-33-35-36-37-38-39-40-42-44-46-48-50-52-54-56-58-60-62-64-66-68-70-80(98)93-75(76(97)69-67-65-63-61-59-57-55-53-51-49-47-45-43-41-34-32-30-28-26-24-22-20-18-16-14-12-10-8-6-4-2)74-106-90-86(104)83(101)88(78(72-95)108-90)111-92-87(105)84(102)89(79(73-96)109-92)110-91-85(103)82(100)81(99)77(71-94)107-91/h75-79,81-92,94-97,99-105H,3-74H2,1-2H3,(H,93,98). The molecule has 3 aliphatic rings. The van der Waals surface area contributed by atoms with Crippen molar-refractivity contribution < 1.29 is 89.4 Å². The second-order valence-electron chi connectivity index (χ2n) is 34.6. The first-order valence-corrected chi connectivity index (χ1v) is 47.8. The van der Waals surface area contributed by atoms with E-state index in [0.717, 1.165) is 44.9 Å². The Hall–Kier alpha value is -1.21. The van der Waals surface area contributed by atoms with Gasteiger partial charge in [-0.2, -0.15) is 0 Å². The van der Waals surface area contributed by atoms with Gasteiger partial charge in [0.1, 0.15) is 73.2 Å². The molecule has 111 heavy (non-hydrogen) atoms. The molecule has 17 atom stereocenters. The van der Waals surface area contributed by atoms with Gasteiger partial charge in [-0.1, -0.05) is 431 Å². The molecule has 0 spiro atoms. The number of unbranched alkanes of at least 4 members (excludes halogenated alkanes) is 64. The molecule has 1 amide bonds. The van der Waals surface area contributed by atoms with Gasteiger partial charge in [-0.15, -0.1) is 0 Å². The number of aliphatic hydroxyl groups is 11. The molecule has 3 aliphatic heterocycles. The maximum Gasteiger partial charge on any atom is 0.220 e. The second-order valence-corrected chi connectivity index (χ2v) is 34.6. The highest BCUT2D eigenvalue weighted by Gasteiger charge is 2.54. The van der Waals surface area contributed by atoms with Gasteiger partial charge in [0.2, 0.25) is 5.91 Å². The first-order valence-electron chi connectivity index (χ1n) is 47.8. The fraction of sp³-hybridized carbons (Fsp3) is 0.989. The van der Waals surface area contributed by atoms with Crippen molar-refractivity contribution in [3.05, 3.63) is 0 Å². The molecular weight excluding hydrogens is 1410 g/mol. The van der Waals surface area contributed by atoms with Gasteiger partial charge in [-0.05, 0) is 12.8 Å². The molecule has 660 valence electrons. The number of nitrogens with one attached hydrogen (secondary N) is 1. The molecule has 17 unspecified atom stereocenters. The minimum Gasteiger partial charge on any atom is -0.394 e. The van der Waals surface area contributed by atoms with E-state index < -0.39 is 124 Å². The summed E-state index contributed by atoms with van der Waals surface area (Å²) in [5.41, 5.74) is 0. The lowest BCUT2D eigenvalue weighted by atomic mass is 9.96. The first kappa shape index (κ1) is 104. The van der Waals surface area contributed by atoms with Crippen molar-refractivity contribution in [2.75, 3.05) is 26.4 Å². The Bertz CT molecular complexity index is 2000. The van der Waals surface area contributed by atoms with Gasteiger partial charge < -0.3 is 89.9 Å². The summed E-state index contributed by atoms with van der Waals surface area (Å²) in [7, 11) is 0. The van der Waals surface area contributed by atoms with Crippen LogP contribution in [0.2, 0.25) is 0 Å². The predicted molar refractivity (Wildman–Crippen MR) is 448 cm³/mol. The number of aliphatic hydroxyl groups excluding tert-OH is 11. The summed E-state index contributed by atoms with van der Waals surface area (Å²) in [6, 6.07) is -0.885. The first-order chi connectivity index (χ1) is 54.3. The summed E-state index contributed by atoms with van der Waals surface area (Å²) in [4.78, 5) is 13.6. The molecule has 0 aromatic rings. The molecule has 0 saturated carbocycles. The normalized spacial score (nSPS) is 24.9. The molecule has 0 aromatic carbocycles. The molecule has 0 aliphatic carbocycles. The van der Waals surface area contributed by atoms with Gasteiger partial charge in [0, 0.05) is 6.42 Å². The van der Waals surface area contributed by atoms with E-state index >= 15 is 0 Å². The maximum absolute atomic E-state index is 13.6. The lowest BCUT2D eigenvalue weighted by molar-refractivity contribution is -0.379. The molecular formula is C92H179NO18. The zero-order valence-corrected chi connectivity index (χ0v) is 71.5. The monoisotopic (exact) mass is 1590 g/mol. The summed E-state index contributed by atoms with van der Waals surface area (Å²) >= 11 is 0. The fourth-order valence-electron chi connectivity index (χ4n) is 16.9. The summed E-state index contributed by atoms with van der Waals surface area (Å²) in [6.07, 6.45) is 62.4. The van der Waals surface area contributed by atoms with Crippen LogP contribution in [0.5, 0.6) is 0 Å². The van der Waals surface area contributed by atoms with Crippen LogP contribution in [0.1, 0.15) is 450 Å². The number of ether oxygens (including phenoxy) is 6. The van der Waals surface area contributed by atoms with E-state index in [1.54, 1.807) is 0 Å². The summed E-state index contributed by atoms with van der Waals surface area (Å²) in [5.74, 6) is -0.230. The third-order valence-electron chi connectivity index (χ3n) is 24.4. The average Bonchev–Trinajstić information content (AvgIpc) is 0.780. The summed E-state index contributed by atoms with van der Waals surface area (Å²) in [6.45, 7) is 1.90. The number of carbonyl (C=O) groups excluding carboxylic acids is 1. The van der Waals surface area contributed by atoms with Gasteiger partial charge in [0.25, 0.3) is 0 Å². The van der Waals surface area contributed by atoms with Gasteiger partial charge >= 0.3 is 0 Å². The number of hydrogen-bond donors (Lipinski definition) is 12. The highest BCUT2D eigenvalue weighted by Crippen LogP contribution is 2.34. The molecule has 0 aromatic heterocycles. The van der Waals surface area contributed by atoms with Crippen LogP contribution in [0, 0.1) is 0 Å². The molecule has 3 saturated heterocycles. The minimum atomic E-state index is -1.97. The molecule has 0 bridgehead atoms. The van der Waals surface area contributed by atoms with E-state index in [-0.39, 0.29) is 18.9 Å². The fourth-order valence-corrected chi connectivity index (χ4v) is 16.9. The Morgan fingerprint density at radius 3 is 0.784 bits per heavy atom. The highest BCUT2D eigenvalue weighted by molar-refractivity contribution is 5.76. The quantitative estimate of drug-likeness (QED) is 0.0252. The topological polar surface area (TPSA) is 307 Å². The molecule has 3 heterocycles. The predicted octanol–water partition coefficient (Wildman–Crippen LogP) is 18.9. The third kappa shape index (κ3) is 51.1. The van der Waals surface area contributed by atoms with Crippen molar-refractivity contribution in [1.82, 2.24) is 5.32 Å². The second kappa shape index (κ2) is 72.8. The average molecular weight is 1590 g/mol. The van der Waals surface area contributed by atoms with Crippen molar-refractivity contribution in [1.29, 1.82) is 0 Å².